The molecule has 0 heterocycles. The normalized spacial score (nSPS) is 13.8. The van der Waals surface area contributed by atoms with Crippen molar-refractivity contribution in [2.24, 2.45) is 11.5 Å². The summed E-state index contributed by atoms with van der Waals surface area (Å²) in [6.45, 7) is 1.11. The van der Waals surface area contributed by atoms with Crippen molar-refractivity contribution in [2.75, 3.05) is 11.5 Å². The monoisotopic (exact) mass is 282 g/mol. The van der Waals surface area contributed by atoms with Gasteiger partial charge in [-0.3, -0.25) is 9.59 Å². The minimum atomic E-state index is -1.08. The molecule has 5 N–H and O–H groups in total. The molecule has 0 aromatic rings. The van der Waals surface area contributed by atoms with Crippen molar-refractivity contribution in [3.05, 3.63) is 0 Å². The lowest BCUT2D eigenvalue weighted by atomic mass is 10.4. The fourth-order valence-corrected chi connectivity index (χ4v) is 2.82. The molecule has 98 valence electrons. The summed E-state index contributed by atoms with van der Waals surface area (Å²) in [4.78, 5) is 31.9. The minimum Gasteiger partial charge on any atom is -0.480 e. The first-order valence-corrected chi connectivity index (χ1v) is 7.04. The second-order valence-electron chi connectivity index (χ2n) is 3.03. The number of carbonyl (C=O) groups excluding carboxylic acids is 2. The smallest absolute Gasteiger partial charge is 0.331 e. The van der Waals surface area contributed by atoms with Gasteiger partial charge in [0.1, 0.15) is 12.1 Å². The number of nitrogens with two attached hydrogens (primary N) is 2. The van der Waals surface area contributed by atoms with Crippen LogP contribution in [0.25, 0.3) is 0 Å². The number of carbonyl (C=O) groups is 3. The number of hydrogen-bond acceptors (Lipinski definition) is 8. The Bertz CT molecular complexity index is 300. The standard InChI is InChI=1S/C8H14N2O5S2/c1-4(11)15-8(14)6(10)3-17-16-2-5(9)7(12)13/h5-6H,2-3,9-10H2,1H3,(H,12,13)/t5-,6-/m0/s1. The third kappa shape index (κ3) is 8.02. The predicted molar refractivity (Wildman–Crippen MR) is 65.3 cm³/mol. The summed E-state index contributed by atoms with van der Waals surface area (Å²) < 4.78 is 4.28. The van der Waals surface area contributed by atoms with E-state index in [2.05, 4.69) is 4.74 Å². The van der Waals surface area contributed by atoms with Crippen LogP contribution in [0.3, 0.4) is 0 Å². The third-order valence-electron chi connectivity index (χ3n) is 1.44. The SMILES string of the molecule is CC(=O)OC(=O)[C@@H](N)CSSC[C@H](N)C(=O)O. The van der Waals surface area contributed by atoms with E-state index in [1.165, 1.54) is 21.6 Å². The van der Waals surface area contributed by atoms with Crippen molar-refractivity contribution in [2.45, 2.75) is 19.0 Å². The first-order chi connectivity index (χ1) is 7.84. The van der Waals surface area contributed by atoms with E-state index in [-0.39, 0.29) is 11.5 Å². The summed E-state index contributed by atoms with van der Waals surface area (Å²) in [5.41, 5.74) is 10.7. The Morgan fingerprint density at radius 3 is 2.06 bits per heavy atom. The van der Waals surface area contributed by atoms with Gasteiger partial charge in [-0.2, -0.15) is 0 Å². The van der Waals surface area contributed by atoms with Crippen LogP contribution in [-0.2, 0) is 19.1 Å². The molecule has 0 unspecified atom stereocenters. The van der Waals surface area contributed by atoms with Gasteiger partial charge in [-0.1, -0.05) is 21.6 Å². The molecule has 7 nitrogen and oxygen atoms in total. The molecule has 0 rings (SSSR count). The number of ether oxygens (including phenoxy) is 1. The van der Waals surface area contributed by atoms with Crippen LogP contribution in [0.2, 0.25) is 0 Å². The van der Waals surface area contributed by atoms with Crippen LogP contribution < -0.4 is 11.5 Å². The fourth-order valence-electron chi connectivity index (χ4n) is 0.600. The van der Waals surface area contributed by atoms with E-state index in [0.717, 1.165) is 6.92 Å². The molecule has 0 saturated heterocycles. The Labute approximate surface area is 106 Å². The van der Waals surface area contributed by atoms with Gasteiger partial charge in [0, 0.05) is 18.4 Å². The van der Waals surface area contributed by atoms with E-state index < -0.39 is 30.0 Å². The number of rotatable bonds is 7. The quantitative estimate of drug-likeness (QED) is 0.237. The van der Waals surface area contributed by atoms with Crippen molar-refractivity contribution in [1.82, 2.24) is 0 Å². The van der Waals surface area contributed by atoms with Crippen LogP contribution in [0.4, 0.5) is 0 Å². The summed E-state index contributed by atoms with van der Waals surface area (Å²) >= 11 is 0. The Kier molecular flexibility index (Phi) is 7.96. The molecular formula is C8H14N2O5S2. The Hall–Kier alpha value is -0.770. The molecule has 0 spiro atoms. The van der Waals surface area contributed by atoms with E-state index in [1.54, 1.807) is 0 Å². The van der Waals surface area contributed by atoms with E-state index >= 15 is 0 Å². The average Bonchev–Trinajstić information content (AvgIpc) is 2.22. The van der Waals surface area contributed by atoms with Crippen LogP contribution in [0.1, 0.15) is 6.92 Å². The predicted octanol–water partition coefficient (Wildman–Crippen LogP) is -0.803. The highest BCUT2D eigenvalue weighted by atomic mass is 33.1. The lowest BCUT2D eigenvalue weighted by Crippen LogP contribution is -2.35. The Balaban J connectivity index is 3.71. The lowest BCUT2D eigenvalue weighted by Gasteiger charge is -2.09. The van der Waals surface area contributed by atoms with Crippen molar-refractivity contribution >= 4 is 39.5 Å². The van der Waals surface area contributed by atoms with Crippen LogP contribution in [0, 0.1) is 0 Å². The van der Waals surface area contributed by atoms with Crippen molar-refractivity contribution < 1.29 is 24.2 Å². The zero-order valence-corrected chi connectivity index (χ0v) is 10.8. The first kappa shape index (κ1) is 16.2. The summed E-state index contributed by atoms with van der Waals surface area (Å²) in [6.07, 6.45) is 0. The third-order valence-corrected chi connectivity index (χ3v) is 3.92. The molecule has 9 heteroatoms. The highest BCUT2D eigenvalue weighted by Crippen LogP contribution is 2.22. The maximum atomic E-state index is 11.1. The number of hydrogen-bond donors (Lipinski definition) is 3. The van der Waals surface area contributed by atoms with Crippen LogP contribution >= 0.6 is 21.6 Å². The second-order valence-corrected chi connectivity index (χ2v) is 5.59. The fraction of sp³-hybridized carbons (Fsp3) is 0.625. The van der Waals surface area contributed by atoms with Gasteiger partial charge in [-0.25, -0.2) is 4.79 Å². The number of carboxylic acid groups (broad SMARTS) is 1. The van der Waals surface area contributed by atoms with Gasteiger partial charge in [0.25, 0.3) is 0 Å². The minimum absolute atomic E-state index is 0.203. The molecular weight excluding hydrogens is 268 g/mol. The van der Waals surface area contributed by atoms with Gasteiger partial charge < -0.3 is 21.3 Å². The molecule has 0 amide bonds. The topological polar surface area (TPSA) is 133 Å². The maximum absolute atomic E-state index is 11.1. The Morgan fingerprint density at radius 2 is 1.65 bits per heavy atom. The van der Waals surface area contributed by atoms with Gasteiger partial charge in [0.15, 0.2) is 0 Å². The zero-order chi connectivity index (χ0) is 13.4. The maximum Gasteiger partial charge on any atom is 0.331 e. The van der Waals surface area contributed by atoms with Crippen molar-refractivity contribution in [3.63, 3.8) is 0 Å². The highest BCUT2D eigenvalue weighted by Gasteiger charge is 2.18. The van der Waals surface area contributed by atoms with Crippen LogP contribution in [0.5, 0.6) is 0 Å². The molecule has 0 aliphatic heterocycles. The highest BCUT2D eigenvalue weighted by molar-refractivity contribution is 8.76. The largest absolute Gasteiger partial charge is 0.480 e. The molecule has 0 aliphatic rings. The Morgan fingerprint density at radius 1 is 1.18 bits per heavy atom. The summed E-state index contributed by atoms with van der Waals surface area (Å²) in [5, 5.41) is 8.49. The molecule has 0 aromatic heterocycles. The van der Waals surface area contributed by atoms with Crippen molar-refractivity contribution in [3.8, 4) is 0 Å². The number of aliphatic carboxylic acids is 1. The van der Waals surface area contributed by atoms with Crippen molar-refractivity contribution in [1.29, 1.82) is 0 Å². The lowest BCUT2D eigenvalue weighted by molar-refractivity contribution is -0.158. The van der Waals surface area contributed by atoms with E-state index in [1.807, 2.05) is 0 Å². The molecule has 17 heavy (non-hydrogen) atoms. The summed E-state index contributed by atoms with van der Waals surface area (Å²) in [5.74, 6) is -2.18. The zero-order valence-electron chi connectivity index (χ0n) is 9.12. The summed E-state index contributed by atoms with van der Waals surface area (Å²) in [7, 11) is 2.39. The van der Waals surface area contributed by atoms with Gasteiger partial charge in [0.2, 0.25) is 0 Å². The summed E-state index contributed by atoms with van der Waals surface area (Å²) in [6, 6.07) is -1.87. The van der Waals surface area contributed by atoms with Crippen LogP contribution in [-0.4, -0.2) is 46.6 Å². The van der Waals surface area contributed by atoms with E-state index in [4.69, 9.17) is 16.6 Å². The molecule has 0 bridgehead atoms. The van der Waals surface area contributed by atoms with E-state index in [9.17, 15) is 14.4 Å². The van der Waals surface area contributed by atoms with E-state index in [0.29, 0.717) is 0 Å². The molecule has 0 fully saturated rings. The molecule has 0 aliphatic carbocycles. The molecule has 0 radical (unpaired) electrons. The van der Waals surface area contributed by atoms with Gasteiger partial charge in [-0.05, 0) is 0 Å². The molecule has 0 aromatic carbocycles. The van der Waals surface area contributed by atoms with Gasteiger partial charge in [-0.15, -0.1) is 0 Å². The average molecular weight is 282 g/mol. The number of esters is 2. The molecule has 0 saturated carbocycles. The van der Waals surface area contributed by atoms with Gasteiger partial charge >= 0.3 is 17.9 Å². The first-order valence-electron chi connectivity index (χ1n) is 4.55. The number of carboxylic acids is 1. The van der Waals surface area contributed by atoms with Crippen LogP contribution in [0.15, 0.2) is 0 Å². The molecule has 2 atom stereocenters. The second kappa shape index (κ2) is 8.34. The van der Waals surface area contributed by atoms with Gasteiger partial charge in [0.05, 0.1) is 0 Å².